The summed E-state index contributed by atoms with van der Waals surface area (Å²) in [4.78, 5) is 22.6. The molecule has 0 aromatic heterocycles. The number of ether oxygens (including phenoxy) is 1. The van der Waals surface area contributed by atoms with Gasteiger partial charge in [0.1, 0.15) is 5.75 Å². The van der Waals surface area contributed by atoms with E-state index in [9.17, 15) is 14.7 Å². The fourth-order valence-corrected chi connectivity index (χ4v) is 2.11. The predicted molar refractivity (Wildman–Crippen MR) is 88.7 cm³/mol. The first-order valence-electron chi connectivity index (χ1n) is 7.49. The molecule has 2 aromatic carbocycles. The Morgan fingerprint density at radius 1 is 1.26 bits per heavy atom. The standard InChI is InChI=1S/C18H19NO4/c1-2-3-9-19-16-11-13(18(21)22)10-14(12-20)17(16)23-15-7-5-4-6-8-15/h4-8,10-12,19H,2-3,9H2,1H3,(H,21,22). The van der Waals surface area contributed by atoms with Crippen LogP contribution in [0.1, 0.15) is 40.5 Å². The lowest BCUT2D eigenvalue weighted by Crippen LogP contribution is -2.07. The average Bonchev–Trinajstić information content (AvgIpc) is 2.57. The van der Waals surface area contributed by atoms with Crippen LogP contribution in [-0.2, 0) is 0 Å². The second kappa shape index (κ2) is 7.98. The molecule has 23 heavy (non-hydrogen) atoms. The van der Waals surface area contributed by atoms with E-state index in [1.165, 1.54) is 12.1 Å². The van der Waals surface area contributed by atoms with Crippen molar-refractivity contribution in [3.8, 4) is 11.5 Å². The average molecular weight is 313 g/mol. The number of carbonyl (C=O) groups is 2. The molecule has 0 aliphatic carbocycles. The summed E-state index contributed by atoms with van der Waals surface area (Å²) in [6, 6.07) is 11.9. The Balaban J connectivity index is 2.43. The van der Waals surface area contributed by atoms with Crippen molar-refractivity contribution >= 4 is 17.9 Å². The minimum absolute atomic E-state index is 0.0477. The third-order valence-electron chi connectivity index (χ3n) is 3.30. The van der Waals surface area contributed by atoms with E-state index in [2.05, 4.69) is 12.2 Å². The number of hydrogen-bond donors (Lipinski definition) is 2. The van der Waals surface area contributed by atoms with Crippen molar-refractivity contribution in [3.05, 3.63) is 53.6 Å². The largest absolute Gasteiger partial charge is 0.478 e. The third kappa shape index (κ3) is 4.32. The van der Waals surface area contributed by atoms with Gasteiger partial charge in [-0.2, -0.15) is 0 Å². The molecule has 5 nitrogen and oxygen atoms in total. The molecule has 0 saturated heterocycles. The van der Waals surface area contributed by atoms with Crippen molar-refractivity contribution in [1.82, 2.24) is 0 Å². The number of anilines is 1. The molecule has 2 N–H and O–H groups in total. The zero-order valence-electron chi connectivity index (χ0n) is 12.9. The molecule has 2 aromatic rings. The van der Waals surface area contributed by atoms with Crippen molar-refractivity contribution in [3.63, 3.8) is 0 Å². The Labute approximate surface area is 134 Å². The van der Waals surface area contributed by atoms with Crippen LogP contribution in [0.5, 0.6) is 11.5 Å². The summed E-state index contributed by atoms with van der Waals surface area (Å²) in [6.07, 6.45) is 2.54. The Hall–Kier alpha value is -2.82. The lowest BCUT2D eigenvalue weighted by atomic mass is 10.1. The van der Waals surface area contributed by atoms with Crippen LogP contribution in [-0.4, -0.2) is 23.9 Å². The van der Waals surface area contributed by atoms with Gasteiger partial charge in [-0.25, -0.2) is 4.79 Å². The summed E-state index contributed by atoms with van der Waals surface area (Å²) in [6.45, 7) is 2.73. The smallest absolute Gasteiger partial charge is 0.335 e. The van der Waals surface area contributed by atoms with Gasteiger partial charge in [-0.1, -0.05) is 31.5 Å². The summed E-state index contributed by atoms with van der Waals surface area (Å²) in [5.41, 5.74) is 0.753. The van der Waals surface area contributed by atoms with Crippen molar-refractivity contribution < 1.29 is 19.4 Å². The maximum absolute atomic E-state index is 11.4. The van der Waals surface area contributed by atoms with E-state index in [0.717, 1.165) is 12.8 Å². The second-order valence-corrected chi connectivity index (χ2v) is 5.06. The molecule has 0 aliphatic rings. The number of rotatable bonds is 8. The summed E-state index contributed by atoms with van der Waals surface area (Å²) in [5, 5.41) is 12.4. The number of aromatic carboxylic acids is 1. The lowest BCUT2D eigenvalue weighted by molar-refractivity contribution is 0.0697. The number of carboxylic acids is 1. The van der Waals surface area contributed by atoms with E-state index in [0.29, 0.717) is 30.0 Å². The highest BCUT2D eigenvalue weighted by molar-refractivity contribution is 5.94. The highest BCUT2D eigenvalue weighted by Gasteiger charge is 2.16. The summed E-state index contributed by atoms with van der Waals surface area (Å²) < 4.78 is 5.81. The molecule has 0 bridgehead atoms. The molecule has 0 fully saturated rings. The first-order valence-corrected chi connectivity index (χ1v) is 7.49. The minimum atomic E-state index is -1.09. The van der Waals surface area contributed by atoms with Crippen LogP contribution < -0.4 is 10.1 Å². The molecule has 0 unspecified atom stereocenters. The number of unbranched alkanes of at least 4 members (excludes halogenated alkanes) is 1. The van der Waals surface area contributed by atoms with Gasteiger partial charge in [0.05, 0.1) is 16.8 Å². The predicted octanol–water partition coefficient (Wildman–Crippen LogP) is 4.20. The molecule has 0 radical (unpaired) electrons. The van der Waals surface area contributed by atoms with E-state index < -0.39 is 5.97 Å². The zero-order valence-corrected chi connectivity index (χ0v) is 12.9. The fraction of sp³-hybridized carbons (Fsp3) is 0.222. The molecule has 0 heterocycles. The van der Waals surface area contributed by atoms with Gasteiger partial charge in [-0.15, -0.1) is 0 Å². The molecule has 0 saturated carbocycles. The van der Waals surface area contributed by atoms with Crippen LogP contribution >= 0.6 is 0 Å². The van der Waals surface area contributed by atoms with Crippen molar-refractivity contribution in [2.75, 3.05) is 11.9 Å². The summed E-state index contributed by atoms with van der Waals surface area (Å²) in [7, 11) is 0. The van der Waals surface area contributed by atoms with Crippen LogP contribution in [0.2, 0.25) is 0 Å². The van der Waals surface area contributed by atoms with Gasteiger partial charge in [-0.3, -0.25) is 4.79 Å². The van der Waals surface area contributed by atoms with Gasteiger partial charge in [0.25, 0.3) is 0 Å². The SMILES string of the molecule is CCCCNc1cc(C(=O)O)cc(C=O)c1Oc1ccccc1. The van der Waals surface area contributed by atoms with Crippen LogP contribution in [0, 0.1) is 0 Å². The normalized spacial score (nSPS) is 10.1. The Morgan fingerprint density at radius 3 is 2.61 bits per heavy atom. The van der Waals surface area contributed by atoms with E-state index >= 15 is 0 Å². The number of carbonyl (C=O) groups excluding carboxylic acids is 1. The van der Waals surface area contributed by atoms with E-state index in [1.807, 2.05) is 18.2 Å². The van der Waals surface area contributed by atoms with Crippen LogP contribution in [0.3, 0.4) is 0 Å². The highest BCUT2D eigenvalue weighted by atomic mass is 16.5. The molecule has 120 valence electrons. The third-order valence-corrected chi connectivity index (χ3v) is 3.30. The van der Waals surface area contributed by atoms with Gasteiger partial charge in [0.15, 0.2) is 12.0 Å². The second-order valence-electron chi connectivity index (χ2n) is 5.06. The number of carboxylic acid groups (broad SMARTS) is 1. The quantitative estimate of drug-likeness (QED) is 0.564. The Morgan fingerprint density at radius 2 is 2.00 bits per heavy atom. The molecule has 5 heteroatoms. The Bertz CT molecular complexity index is 683. The number of benzene rings is 2. The molecule has 0 aliphatic heterocycles. The van der Waals surface area contributed by atoms with E-state index in [1.54, 1.807) is 12.1 Å². The lowest BCUT2D eigenvalue weighted by Gasteiger charge is -2.16. The fourth-order valence-electron chi connectivity index (χ4n) is 2.11. The Kier molecular flexibility index (Phi) is 5.74. The maximum atomic E-state index is 11.4. The van der Waals surface area contributed by atoms with Gasteiger partial charge in [0.2, 0.25) is 0 Å². The minimum Gasteiger partial charge on any atom is -0.478 e. The van der Waals surface area contributed by atoms with Gasteiger partial charge >= 0.3 is 5.97 Å². The number of hydrogen-bond acceptors (Lipinski definition) is 4. The first-order chi connectivity index (χ1) is 11.2. The van der Waals surface area contributed by atoms with Crippen molar-refractivity contribution in [2.24, 2.45) is 0 Å². The summed E-state index contributed by atoms with van der Waals surface area (Å²) in [5.74, 6) is -0.164. The van der Waals surface area contributed by atoms with Crippen molar-refractivity contribution in [2.45, 2.75) is 19.8 Å². The number of aldehydes is 1. The number of nitrogens with one attached hydrogen (secondary N) is 1. The van der Waals surface area contributed by atoms with E-state index in [-0.39, 0.29) is 11.1 Å². The van der Waals surface area contributed by atoms with Crippen molar-refractivity contribution in [1.29, 1.82) is 0 Å². The highest BCUT2D eigenvalue weighted by Crippen LogP contribution is 2.34. The van der Waals surface area contributed by atoms with Crippen LogP contribution in [0.4, 0.5) is 5.69 Å². The maximum Gasteiger partial charge on any atom is 0.335 e. The molecular weight excluding hydrogens is 294 g/mol. The van der Waals surface area contributed by atoms with Crippen LogP contribution in [0.25, 0.3) is 0 Å². The molecule has 0 atom stereocenters. The van der Waals surface area contributed by atoms with E-state index in [4.69, 9.17) is 4.74 Å². The van der Waals surface area contributed by atoms with Crippen LogP contribution in [0.15, 0.2) is 42.5 Å². The van der Waals surface area contributed by atoms with Gasteiger partial charge in [-0.05, 0) is 30.7 Å². The zero-order chi connectivity index (χ0) is 16.7. The molecular formula is C18H19NO4. The summed E-state index contributed by atoms with van der Waals surface area (Å²) >= 11 is 0. The monoisotopic (exact) mass is 313 g/mol. The molecule has 0 spiro atoms. The first kappa shape index (κ1) is 16.5. The number of para-hydroxylation sites is 1. The molecule has 0 amide bonds. The topological polar surface area (TPSA) is 75.6 Å². The molecule has 2 rings (SSSR count). The van der Waals surface area contributed by atoms with Gasteiger partial charge in [0, 0.05) is 6.54 Å². The van der Waals surface area contributed by atoms with Gasteiger partial charge < -0.3 is 15.2 Å².